The standard InChI is InChI=1S/C23H29ClN4O2SSi/c1-13-8-14-10-17(31-20(14)16(9-13)29-5)18-15(11-30-32(6,7)23(2,3)4)21(24)28-19(18)22(25)26-12-27-28/h8-10,12H,11H2,1-7H3,(H2,25,26,27). The summed E-state index contributed by atoms with van der Waals surface area (Å²) in [6.45, 7) is 13.6. The maximum atomic E-state index is 6.84. The number of fused-ring (bicyclic) bond motifs is 2. The third kappa shape index (κ3) is 3.79. The molecule has 0 fully saturated rings. The van der Waals surface area contributed by atoms with E-state index in [0.717, 1.165) is 37.4 Å². The van der Waals surface area contributed by atoms with Crippen LogP contribution in [0.5, 0.6) is 5.75 Å². The van der Waals surface area contributed by atoms with Gasteiger partial charge >= 0.3 is 0 Å². The number of aromatic nitrogens is 3. The molecule has 0 atom stereocenters. The first kappa shape index (κ1) is 23.0. The van der Waals surface area contributed by atoms with Crippen molar-refractivity contribution >= 4 is 52.7 Å². The number of anilines is 1. The molecule has 0 radical (unpaired) electrons. The van der Waals surface area contributed by atoms with Gasteiger partial charge in [-0.25, -0.2) is 9.50 Å². The molecule has 0 saturated heterocycles. The van der Waals surface area contributed by atoms with Gasteiger partial charge in [0.05, 0.1) is 18.4 Å². The first-order valence-corrected chi connectivity index (χ1v) is 14.6. The lowest BCUT2D eigenvalue weighted by molar-refractivity contribution is 0.277. The summed E-state index contributed by atoms with van der Waals surface area (Å²) in [7, 11) is -0.306. The molecule has 0 bridgehead atoms. The highest BCUT2D eigenvalue weighted by Crippen LogP contribution is 2.46. The van der Waals surface area contributed by atoms with E-state index in [4.69, 9.17) is 26.5 Å². The monoisotopic (exact) mass is 488 g/mol. The summed E-state index contributed by atoms with van der Waals surface area (Å²) in [5, 5.41) is 6.07. The van der Waals surface area contributed by atoms with Crippen LogP contribution < -0.4 is 10.5 Å². The average molecular weight is 489 g/mol. The SMILES string of the molecule is COc1cc(C)cc2cc(-c3c(CO[Si](C)(C)C(C)(C)C)c(Cl)n4ncnc(N)c34)sc12. The molecule has 0 unspecified atom stereocenters. The highest BCUT2D eigenvalue weighted by Gasteiger charge is 2.38. The van der Waals surface area contributed by atoms with E-state index in [1.165, 1.54) is 6.33 Å². The lowest BCUT2D eigenvalue weighted by Gasteiger charge is -2.36. The molecule has 9 heteroatoms. The molecule has 3 heterocycles. The molecule has 4 rings (SSSR count). The fourth-order valence-electron chi connectivity index (χ4n) is 3.53. The van der Waals surface area contributed by atoms with E-state index < -0.39 is 8.32 Å². The zero-order chi connectivity index (χ0) is 23.4. The summed E-state index contributed by atoms with van der Waals surface area (Å²) in [6.07, 6.45) is 1.42. The Morgan fingerprint density at radius 1 is 1.22 bits per heavy atom. The quantitative estimate of drug-likeness (QED) is 0.317. The smallest absolute Gasteiger partial charge is 0.192 e. The number of hydrogen-bond acceptors (Lipinski definition) is 6. The molecular formula is C23H29ClN4O2SSi. The molecular weight excluding hydrogens is 460 g/mol. The van der Waals surface area contributed by atoms with Gasteiger partial charge in [-0.3, -0.25) is 0 Å². The Balaban J connectivity index is 1.94. The summed E-state index contributed by atoms with van der Waals surface area (Å²) in [5.74, 6) is 1.24. The van der Waals surface area contributed by atoms with E-state index in [1.54, 1.807) is 23.0 Å². The van der Waals surface area contributed by atoms with Crippen LogP contribution in [0.4, 0.5) is 5.82 Å². The van der Waals surface area contributed by atoms with Crippen LogP contribution in [0.15, 0.2) is 24.5 Å². The minimum atomic E-state index is -2.00. The van der Waals surface area contributed by atoms with E-state index in [-0.39, 0.29) is 5.04 Å². The predicted molar refractivity (Wildman–Crippen MR) is 137 cm³/mol. The molecule has 0 spiro atoms. The second-order valence-electron chi connectivity index (χ2n) is 9.60. The zero-order valence-corrected chi connectivity index (χ0v) is 22.1. The van der Waals surface area contributed by atoms with Crippen LogP contribution >= 0.6 is 22.9 Å². The number of methoxy groups -OCH3 is 1. The number of hydrogen-bond donors (Lipinski definition) is 1. The van der Waals surface area contributed by atoms with Crippen molar-refractivity contribution in [2.24, 2.45) is 0 Å². The lowest BCUT2D eigenvalue weighted by atomic mass is 10.1. The van der Waals surface area contributed by atoms with Crippen LogP contribution in [0.3, 0.4) is 0 Å². The number of rotatable bonds is 5. The van der Waals surface area contributed by atoms with E-state index in [0.29, 0.717) is 23.1 Å². The summed E-state index contributed by atoms with van der Waals surface area (Å²) in [4.78, 5) is 5.26. The summed E-state index contributed by atoms with van der Waals surface area (Å²) >= 11 is 8.49. The fourth-order valence-corrected chi connectivity index (χ4v) is 5.95. The summed E-state index contributed by atoms with van der Waals surface area (Å²) in [5.41, 5.74) is 9.97. The largest absolute Gasteiger partial charge is 0.495 e. The number of ether oxygens (including phenoxy) is 1. The number of nitrogen functional groups attached to an aromatic ring is 1. The topological polar surface area (TPSA) is 74.7 Å². The molecule has 4 aromatic rings. The number of benzene rings is 1. The van der Waals surface area contributed by atoms with Crippen molar-refractivity contribution in [2.45, 2.75) is 52.4 Å². The molecule has 0 saturated carbocycles. The molecule has 0 amide bonds. The van der Waals surface area contributed by atoms with Crippen LogP contribution in [0.25, 0.3) is 26.0 Å². The van der Waals surface area contributed by atoms with Gasteiger partial charge in [0.25, 0.3) is 0 Å². The van der Waals surface area contributed by atoms with Crippen LogP contribution in [-0.4, -0.2) is 30.0 Å². The number of halogens is 1. The molecule has 32 heavy (non-hydrogen) atoms. The van der Waals surface area contributed by atoms with Crippen molar-refractivity contribution in [1.29, 1.82) is 0 Å². The Labute approximate surface area is 198 Å². The maximum absolute atomic E-state index is 6.84. The van der Waals surface area contributed by atoms with Crippen molar-refractivity contribution in [3.63, 3.8) is 0 Å². The van der Waals surface area contributed by atoms with Gasteiger partial charge in [0.1, 0.15) is 22.7 Å². The molecule has 0 aliphatic carbocycles. The van der Waals surface area contributed by atoms with Crippen molar-refractivity contribution in [1.82, 2.24) is 14.6 Å². The van der Waals surface area contributed by atoms with Crippen LogP contribution in [-0.2, 0) is 11.0 Å². The molecule has 170 valence electrons. The Hall–Kier alpha value is -2.13. The molecule has 0 aliphatic rings. The van der Waals surface area contributed by atoms with Gasteiger partial charge in [-0.15, -0.1) is 11.3 Å². The molecule has 2 N–H and O–H groups in total. The molecule has 1 aromatic carbocycles. The van der Waals surface area contributed by atoms with Crippen LogP contribution in [0.2, 0.25) is 23.3 Å². The summed E-state index contributed by atoms with van der Waals surface area (Å²) in [6, 6.07) is 6.36. The third-order valence-corrected chi connectivity index (χ3v) is 12.4. The van der Waals surface area contributed by atoms with E-state index in [1.807, 2.05) is 6.07 Å². The normalized spacial score (nSPS) is 12.8. The first-order valence-electron chi connectivity index (χ1n) is 10.5. The van der Waals surface area contributed by atoms with Crippen molar-refractivity contribution < 1.29 is 9.16 Å². The van der Waals surface area contributed by atoms with Gasteiger partial charge in [0.15, 0.2) is 14.1 Å². The highest BCUT2D eigenvalue weighted by molar-refractivity contribution is 7.22. The Morgan fingerprint density at radius 2 is 1.94 bits per heavy atom. The van der Waals surface area contributed by atoms with Crippen LogP contribution in [0.1, 0.15) is 31.9 Å². The number of nitrogens with zero attached hydrogens (tertiary/aromatic N) is 3. The Bertz CT molecular complexity index is 1320. The number of nitrogens with two attached hydrogens (primary N) is 1. The van der Waals surface area contributed by atoms with Gasteiger partial charge < -0.3 is 14.9 Å². The fraction of sp³-hybridized carbons (Fsp3) is 0.391. The minimum absolute atomic E-state index is 0.0835. The highest BCUT2D eigenvalue weighted by atomic mass is 35.5. The second-order valence-corrected chi connectivity index (χ2v) is 15.8. The van der Waals surface area contributed by atoms with Gasteiger partial charge in [0.2, 0.25) is 0 Å². The van der Waals surface area contributed by atoms with Gasteiger partial charge in [-0.05, 0) is 48.1 Å². The summed E-state index contributed by atoms with van der Waals surface area (Å²) < 4.78 is 14.9. The first-order chi connectivity index (χ1) is 14.9. The number of thiophene rings is 1. The predicted octanol–water partition coefficient (Wildman–Crippen LogP) is 6.69. The van der Waals surface area contributed by atoms with Gasteiger partial charge in [-0.2, -0.15) is 5.10 Å². The zero-order valence-electron chi connectivity index (χ0n) is 19.5. The Kier molecular flexibility index (Phi) is 5.77. The van der Waals surface area contributed by atoms with Crippen molar-refractivity contribution in [2.75, 3.05) is 12.8 Å². The average Bonchev–Trinajstić information content (AvgIpc) is 3.24. The van der Waals surface area contributed by atoms with E-state index in [2.05, 4.69) is 63.0 Å². The molecule has 0 aliphatic heterocycles. The second kappa shape index (κ2) is 8.02. The minimum Gasteiger partial charge on any atom is -0.495 e. The van der Waals surface area contributed by atoms with Crippen molar-refractivity contribution in [3.05, 3.63) is 40.8 Å². The van der Waals surface area contributed by atoms with Crippen LogP contribution in [0, 0.1) is 6.92 Å². The Morgan fingerprint density at radius 3 is 2.59 bits per heavy atom. The maximum Gasteiger partial charge on any atom is 0.192 e. The third-order valence-electron chi connectivity index (χ3n) is 6.37. The number of aryl methyl sites for hydroxylation is 1. The lowest BCUT2D eigenvalue weighted by Crippen LogP contribution is -2.40. The van der Waals surface area contributed by atoms with E-state index >= 15 is 0 Å². The molecule has 6 nitrogen and oxygen atoms in total. The van der Waals surface area contributed by atoms with Gasteiger partial charge in [-0.1, -0.05) is 38.4 Å². The van der Waals surface area contributed by atoms with Crippen molar-refractivity contribution in [3.8, 4) is 16.2 Å². The van der Waals surface area contributed by atoms with Gasteiger partial charge in [0, 0.05) is 16.0 Å². The molecule has 3 aromatic heterocycles. The van der Waals surface area contributed by atoms with E-state index in [9.17, 15) is 0 Å².